The van der Waals surface area contributed by atoms with Gasteiger partial charge in [-0.15, -0.1) is 0 Å². The molecule has 24 heavy (non-hydrogen) atoms. The van der Waals surface area contributed by atoms with E-state index in [4.69, 9.17) is 9.47 Å². The van der Waals surface area contributed by atoms with Crippen molar-refractivity contribution < 1.29 is 19.4 Å². The van der Waals surface area contributed by atoms with Crippen LogP contribution in [0.5, 0.6) is 5.75 Å². The highest BCUT2D eigenvalue weighted by atomic mass is 16.5. The quantitative estimate of drug-likeness (QED) is 0.814. The number of hydrogen-bond donors (Lipinski definition) is 1. The van der Waals surface area contributed by atoms with Crippen molar-refractivity contribution in [2.45, 2.75) is 44.6 Å². The number of benzene rings is 1. The molecular formula is C20H26O4. The van der Waals surface area contributed by atoms with Gasteiger partial charge in [0.15, 0.2) is 0 Å². The van der Waals surface area contributed by atoms with E-state index in [2.05, 4.69) is 0 Å². The molecule has 1 aromatic rings. The molecule has 0 spiro atoms. The summed E-state index contributed by atoms with van der Waals surface area (Å²) >= 11 is 0. The van der Waals surface area contributed by atoms with Crippen LogP contribution in [-0.4, -0.2) is 30.4 Å². The van der Waals surface area contributed by atoms with Gasteiger partial charge in [-0.25, -0.2) is 0 Å². The molecule has 130 valence electrons. The maximum Gasteiger partial charge on any atom is 0.312 e. The maximum atomic E-state index is 12.7. The Morgan fingerprint density at radius 3 is 2.21 bits per heavy atom. The molecule has 0 radical (unpaired) electrons. The van der Waals surface area contributed by atoms with Gasteiger partial charge < -0.3 is 14.6 Å². The Balaban J connectivity index is 1.27. The van der Waals surface area contributed by atoms with Gasteiger partial charge in [0.05, 0.1) is 5.41 Å². The minimum absolute atomic E-state index is 0.0212. The molecule has 4 aliphatic carbocycles. The minimum atomic E-state index is -0.789. The molecule has 0 heterocycles. The van der Waals surface area contributed by atoms with Crippen LogP contribution in [0.2, 0.25) is 0 Å². The van der Waals surface area contributed by atoms with Gasteiger partial charge in [-0.1, -0.05) is 18.2 Å². The smallest absolute Gasteiger partial charge is 0.312 e. The van der Waals surface area contributed by atoms with E-state index in [1.54, 1.807) is 0 Å². The molecule has 4 heteroatoms. The predicted molar refractivity (Wildman–Crippen MR) is 89.5 cm³/mol. The number of carbonyl (C=O) groups is 1. The van der Waals surface area contributed by atoms with Crippen LogP contribution in [0.1, 0.15) is 38.5 Å². The number of carbonyl (C=O) groups excluding carboxylic acids is 1. The number of para-hydroxylation sites is 1. The van der Waals surface area contributed by atoms with Crippen LogP contribution in [0.3, 0.4) is 0 Å². The van der Waals surface area contributed by atoms with Crippen LogP contribution < -0.4 is 4.74 Å². The number of aliphatic hydroxyl groups excluding tert-OH is 1. The summed E-state index contributed by atoms with van der Waals surface area (Å²) in [5.74, 6) is 2.78. The monoisotopic (exact) mass is 330 g/mol. The van der Waals surface area contributed by atoms with E-state index >= 15 is 0 Å². The van der Waals surface area contributed by atoms with E-state index in [1.165, 1.54) is 19.3 Å². The molecule has 4 aliphatic rings. The fourth-order valence-corrected chi connectivity index (χ4v) is 5.44. The summed E-state index contributed by atoms with van der Waals surface area (Å²) in [5, 5.41) is 10.0. The highest BCUT2D eigenvalue weighted by Gasteiger charge is 2.55. The number of ether oxygens (including phenoxy) is 2. The van der Waals surface area contributed by atoms with Gasteiger partial charge >= 0.3 is 5.97 Å². The second-order valence-electron chi connectivity index (χ2n) is 8.07. The van der Waals surface area contributed by atoms with Gasteiger partial charge in [-0.3, -0.25) is 4.79 Å². The summed E-state index contributed by atoms with van der Waals surface area (Å²) in [6, 6.07) is 9.36. The third-order valence-electron chi connectivity index (χ3n) is 6.06. The van der Waals surface area contributed by atoms with Crippen LogP contribution in [0, 0.1) is 23.2 Å². The lowest BCUT2D eigenvalue weighted by atomic mass is 9.49. The molecule has 0 aliphatic heterocycles. The zero-order valence-corrected chi connectivity index (χ0v) is 14.0. The SMILES string of the molecule is O=C(OCC(O)COc1ccccc1)C12CC3CC(CC(C3)C1)C2. The van der Waals surface area contributed by atoms with Crippen molar-refractivity contribution in [2.75, 3.05) is 13.2 Å². The van der Waals surface area contributed by atoms with Gasteiger partial charge in [0, 0.05) is 0 Å². The second-order valence-corrected chi connectivity index (χ2v) is 8.07. The minimum Gasteiger partial charge on any atom is -0.491 e. The molecule has 1 atom stereocenters. The Hall–Kier alpha value is -1.55. The molecule has 4 saturated carbocycles. The van der Waals surface area contributed by atoms with Crippen LogP contribution in [-0.2, 0) is 9.53 Å². The van der Waals surface area contributed by atoms with Crippen LogP contribution in [0.15, 0.2) is 30.3 Å². The second kappa shape index (κ2) is 6.40. The molecule has 1 aromatic carbocycles. The van der Waals surface area contributed by atoms with Crippen molar-refractivity contribution in [1.82, 2.24) is 0 Å². The summed E-state index contributed by atoms with van der Waals surface area (Å²) in [4.78, 5) is 12.7. The average molecular weight is 330 g/mol. The predicted octanol–water partition coefficient (Wildman–Crippen LogP) is 3.19. The Morgan fingerprint density at radius 1 is 1.04 bits per heavy atom. The Bertz CT molecular complexity index is 547. The van der Waals surface area contributed by atoms with Crippen molar-refractivity contribution in [3.05, 3.63) is 30.3 Å². The lowest BCUT2D eigenvalue weighted by Gasteiger charge is -2.55. The molecule has 4 nitrogen and oxygen atoms in total. The van der Waals surface area contributed by atoms with Gasteiger partial charge in [0.1, 0.15) is 25.1 Å². The fraction of sp³-hybridized carbons (Fsp3) is 0.650. The lowest BCUT2D eigenvalue weighted by molar-refractivity contribution is -0.174. The lowest BCUT2D eigenvalue weighted by Crippen LogP contribution is -2.51. The average Bonchev–Trinajstić information content (AvgIpc) is 2.57. The largest absolute Gasteiger partial charge is 0.491 e. The standard InChI is InChI=1S/C20H26O4/c21-17(12-23-18-4-2-1-3-5-18)13-24-19(22)20-9-14-6-15(10-20)8-16(7-14)11-20/h1-5,14-17,21H,6-13H2. The maximum absolute atomic E-state index is 12.7. The van der Waals surface area contributed by atoms with Crippen LogP contribution in [0.25, 0.3) is 0 Å². The summed E-state index contributed by atoms with van der Waals surface area (Å²) in [6.07, 6.45) is 6.11. The number of hydrogen-bond acceptors (Lipinski definition) is 4. The first-order chi connectivity index (χ1) is 11.6. The van der Waals surface area contributed by atoms with E-state index < -0.39 is 6.10 Å². The third-order valence-corrected chi connectivity index (χ3v) is 6.06. The number of rotatable bonds is 6. The first-order valence-corrected chi connectivity index (χ1v) is 9.16. The Kier molecular flexibility index (Phi) is 4.25. The third kappa shape index (κ3) is 3.16. The normalized spacial score (nSPS) is 34.8. The summed E-state index contributed by atoms with van der Waals surface area (Å²) in [7, 11) is 0. The van der Waals surface area contributed by atoms with Gasteiger partial charge in [-0.05, 0) is 68.4 Å². The van der Waals surface area contributed by atoms with Crippen molar-refractivity contribution in [3.63, 3.8) is 0 Å². The van der Waals surface area contributed by atoms with E-state index in [0.717, 1.165) is 37.0 Å². The van der Waals surface area contributed by atoms with E-state index in [9.17, 15) is 9.90 Å². The Labute approximate surface area is 143 Å². The first kappa shape index (κ1) is 15.9. The molecule has 1 N–H and O–H groups in total. The number of aliphatic hydroxyl groups is 1. The van der Waals surface area contributed by atoms with Crippen molar-refractivity contribution >= 4 is 5.97 Å². The van der Waals surface area contributed by atoms with E-state index in [-0.39, 0.29) is 24.6 Å². The highest BCUT2D eigenvalue weighted by molar-refractivity contribution is 5.77. The summed E-state index contributed by atoms with van der Waals surface area (Å²) < 4.78 is 11.0. The molecule has 4 bridgehead atoms. The molecule has 4 fully saturated rings. The summed E-state index contributed by atoms with van der Waals surface area (Å²) in [6.45, 7) is 0.158. The van der Waals surface area contributed by atoms with Crippen molar-refractivity contribution in [2.24, 2.45) is 23.2 Å². The molecule has 5 rings (SSSR count). The zero-order chi connectivity index (χ0) is 16.6. The van der Waals surface area contributed by atoms with Crippen LogP contribution in [0.4, 0.5) is 0 Å². The topological polar surface area (TPSA) is 55.8 Å². The molecule has 0 amide bonds. The van der Waals surface area contributed by atoms with Crippen molar-refractivity contribution in [1.29, 1.82) is 0 Å². The number of esters is 1. The first-order valence-electron chi connectivity index (χ1n) is 9.16. The molecular weight excluding hydrogens is 304 g/mol. The Morgan fingerprint density at radius 2 is 1.62 bits per heavy atom. The molecule has 0 saturated heterocycles. The van der Waals surface area contributed by atoms with Crippen molar-refractivity contribution in [3.8, 4) is 5.75 Å². The summed E-state index contributed by atoms with van der Waals surface area (Å²) in [5.41, 5.74) is -0.255. The molecule has 0 aromatic heterocycles. The van der Waals surface area contributed by atoms with Gasteiger partial charge in [0.25, 0.3) is 0 Å². The molecule has 1 unspecified atom stereocenters. The van der Waals surface area contributed by atoms with Gasteiger partial charge in [-0.2, -0.15) is 0 Å². The van der Waals surface area contributed by atoms with E-state index in [0.29, 0.717) is 5.75 Å². The van der Waals surface area contributed by atoms with E-state index in [1.807, 2.05) is 30.3 Å². The fourth-order valence-electron chi connectivity index (χ4n) is 5.44. The highest BCUT2D eigenvalue weighted by Crippen LogP contribution is 2.60. The zero-order valence-electron chi connectivity index (χ0n) is 14.0. The van der Waals surface area contributed by atoms with Crippen LogP contribution >= 0.6 is 0 Å². The van der Waals surface area contributed by atoms with Gasteiger partial charge in [0.2, 0.25) is 0 Å².